The highest BCUT2D eigenvalue weighted by molar-refractivity contribution is 5.63. The Morgan fingerprint density at radius 1 is 0.682 bits per heavy atom. The summed E-state index contributed by atoms with van der Waals surface area (Å²) < 4.78 is 2.25. The maximum Gasteiger partial charge on any atom is 0.168 e. The van der Waals surface area contributed by atoms with Crippen LogP contribution < -0.4 is 9.67 Å². The van der Waals surface area contributed by atoms with Crippen LogP contribution in [0.2, 0.25) is 0 Å². The number of carbonyl (C=O) groups excluding carboxylic acids is 1. The van der Waals surface area contributed by atoms with Crippen LogP contribution in [0.3, 0.4) is 0 Å². The highest BCUT2D eigenvalue weighted by Crippen LogP contribution is 2.11. The average Bonchev–Trinajstić information content (AvgIpc) is 2.52. The molecule has 0 saturated heterocycles. The van der Waals surface area contributed by atoms with Crippen molar-refractivity contribution in [3.8, 4) is 0 Å². The predicted molar refractivity (Wildman–Crippen MR) is 87.0 cm³/mol. The summed E-state index contributed by atoms with van der Waals surface area (Å²) in [5.41, 5.74) is 0. The highest BCUT2D eigenvalue weighted by Gasteiger charge is 1.98. The van der Waals surface area contributed by atoms with Crippen LogP contribution in [0.15, 0.2) is 30.6 Å². The number of nitrogens with zero attached hydrogens (tertiary/aromatic N) is 1. The fourth-order valence-corrected chi connectivity index (χ4v) is 2.74. The molecule has 0 spiro atoms. The Labute approximate surface area is 135 Å². The minimum atomic E-state index is -0.911. The lowest BCUT2D eigenvalue weighted by Gasteiger charge is -2.03. The van der Waals surface area contributed by atoms with E-state index in [0.29, 0.717) is 0 Å². The van der Waals surface area contributed by atoms with E-state index in [1.807, 2.05) is 0 Å². The van der Waals surface area contributed by atoms with Crippen LogP contribution in [0.5, 0.6) is 0 Å². The van der Waals surface area contributed by atoms with Crippen molar-refractivity contribution in [2.45, 2.75) is 83.6 Å². The largest absolute Gasteiger partial charge is 0.550 e. The molecule has 0 atom stereocenters. The molecule has 1 heterocycles. The van der Waals surface area contributed by atoms with Crippen LogP contribution >= 0.6 is 0 Å². The highest BCUT2D eigenvalue weighted by atomic mass is 16.4. The zero-order valence-electron chi connectivity index (χ0n) is 13.8. The number of hydrogen-bond acceptors (Lipinski definition) is 2. The monoisotopic (exact) mass is 305 g/mol. The van der Waals surface area contributed by atoms with Gasteiger partial charge in [-0.3, -0.25) is 0 Å². The topological polar surface area (TPSA) is 44.0 Å². The van der Waals surface area contributed by atoms with Crippen molar-refractivity contribution < 1.29 is 14.5 Å². The molecule has 0 bridgehead atoms. The number of rotatable bonds is 14. The summed E-state index contributed by atoms with van der Waals surface area (Å²) in [5.74, 6) is -0.911. The molecule has 124 valence electrons. The number of unbranched alkanes of at least 4 members (excludes halogenated alkanes) is 10. The lowest BCUT2D eigenvalue weighted by molar-refractivity contribution is -0.697. The Morgan fingerprint density at radius 2 is 1.14 bits per heavy atom. The molecule has 3 nitrogen and oxygen atoms in total. The molecule has 0 fully saturated rings. The molecule has 22 heavy (non-hydrogen) atoms. The van der Waals surface area contributed by atoms with Gasteiger partial charge in [0.05, 0.1) is 0 Å². The van der Waals surface area contributed by atoms with Crippen molar-refractivity contribution in [2.75, 3.05) is 0 Å². The zero-order chi connectivity index (χ0) is 15.9. The molecule has 0 saturated carbocycles. The SMILES string of the molecule is O=C([O-])CCCCCCCCCCCCC[n+]1ccccc1. The zero-order valence-corrected chi connectivity index (χ0v) is 13.8. The summed E-state index contributed by atoms with van der Waals surface area (Å²) in [6.45, 7) is 1.13. The van der Waals surface area contributed by atoms with Gasteiger partial charge in [0.15, 0.2) is 12.4 Å². The molecule has 3 heteroatoms. The Balaban J connectivity index is 1.76. The number of aryl methyl sites for hydroxylation is 1. The van der Waals surface area contributed by atoms with E-state index in [2.05, 4.69) is 35.2 Å². The molecule has 0 aliphatic rings. The first-order valence-electron chi connectivity index (χ1n) is 8.93. The van der Waals surface area contributed by atoms with E-state index < -0.39 is 5.97 Å². The number of hydrogen-bond donors (Lipinski definition) is 0. The third kappa shape index (κ3) is 11.3. The summed E-state index contributed by atoms with van der Waals surface area (Å²) in [6, 6.07) is 6.22. The maximum absolute atomic E-state index is 10.2. The molecule has 1 aromatic heterocycles. The lowest BCUT2D eigenvalue weighted by Crippen LogP contribution is -2.32. The Bertz CT molecular complexity index is 378. The van der Waals surface area contributed by atoms with Gasteiger partial charge in [0.2, 0.25) is 0 Å². The van der Waals surface area contributed by atoms with E-state index in [9.17, 15) is 9.90 Å². The van der Waals surface area contributed by atoms with Gasteiger partial charge >= 0.3 is 0 Å². The molecule has 0 N–H and O–H groups in total. The third-order valence-corrected chi connectivity index (χ3v) is 4.07. The first-order valence-corrected chi connectivity index (χ1v) is 8.93. The van der Waals surface area contributed by atoms with Crippen LogP contribution in [0, 0.1) is 0 Å². The fraction of sp³-hybridized carbons (Fsp3) is 0.684. The summed E-state index contributed by atoms with van der Waals surface area (Å²) in [5, 5.41) is 10.2. The first kappa shape index (κ1) is 18.7. The molecule has 0 aliphatic carbocycles. The molecule has 1 aromatic rings. The number of carboxylic acid groups (broad SMARTS) is 1. The summed E-state index contributed by atoms with van der Waals surface area (Å²) in [4.78, 5) is 10.2. The van der Waals surface area contributed by atoms with E-state index in [-0.39, 0.29) is 6.42 Å². The van der Waals surface area contributed by atoms with Crippen LogP contribution in [0.25, 0.3) is 0 Å². The maximum atomic E-state index is 10.2. The number of pyridine rings is 1. The number of carbonyl (C=O) groups is 1. The van der Waals surface area contributed by atoms with Crippen molar-refractivity contribution in [2.24, 2.45) is 0 Å². The second kappa shape index (κ2) is 13.3. The van der Waals surface area contributed by atoms with Gasteiger partial charge in [-0.15, -0.1) is 0 Å². The van der Waals surface area contributed by atoms with Gasteiger partial charge in [-0.1, -0.05) is 57.4 Å². The van der Waals surface area contributed by atoms with Gasteiger partial charge in [-0.25, -0.2) is 4.57 Å². The van der Waals surface area contributed by atoms with E-state index in [4.69, 9.17) is 0 Å². The Kier molecular flexibility index (Phi) is 11.3. The second-order valence-electron chi connectivity index (χ2n) is 6.12. The predicted octanol–water partition coefficient (Wildman–Crippen LogP) is 3.41. The van der Waals surface area contributed by atoms with Crippen LogP contribution in [-0.2, 0) is 11.3 Å². The van der Waals surface area contributed by atoms with E-state index in [0.717, 1.165) is 19.4 Å². The second-order valence-corrected chi connectivity index (χ2v) is 6.12. The first-order chi connectivity index (χ1) is 10.8. The smallest absolute Gasteiger partial charge is 0.168 e. The fourth-order valence-electron chi connectivity index (χ4n) is 2.74. The number of aromatic nitrogens is 1. The van der Waals surface area contributed by atoms with Gasteiger partial charge in [-0.2, -0.15) is 0 Å². The number of carboxylic acids is 1. The van der Waals surface area contributed by atoms with Crippen molar-refractivity contribution >= 4 is 5.97 Å². The molecule has 0 aromatic carbocycles. The normalized spacial score (nSPS) is 10.7. The molecule has 0 radical (unpaired) electrons. The van der Waals surface area contributed by atoms with Crippen LogP contribution in [-0.4, -0.2) is 5.97 Å². The van der Waals surface area contributed by atoms with E-state index in [1.54, 1.807) is 0 Å². The molecule has 1 rings (SSSR count). The minimum Gasteiger partial charge on any atom is -0.550 e. The van der Waals surface area contributed by atoms with E-state index in [1.165, 1.54) is 57.8 Å². The summed E-state index contributed by atoms with van der Waals surface area (Å²) in [7, 11) is 0. The van der Waals surface area contributed by atoms with Gasteiger partial charge in [0.1, 0.15) is 6.54 Å². The quantitative estimate of drug-likeness (QED) is 0.390. The van der Waals surface area contributed by atoms with Crippen LogP contribution in [0.1, 0.15) is 77.0 Å². The van der Waals surface area contributed by atoms with Crippen molar-refractivity contribution in [1.29, 1.82) is 0 Å². The van der Waals surface area contributed by atoms with Gasteiger partial charge in [-0.05, 0) is 19.3 Å². The Hall–Kier alpha value is -1.38. The molecule has 0 unspecified atom stereocenters. The van der Waals surface area contributed by atoms with Crippen molar-refractivity contribution in [3.63, 3.8) is 0 Å². The van der Waals surface area contributed by atoms with E-state index >= 15 is 0 Å². The number of aliphatic carboxylic acids is 1. The standard InChI is InChI=1S/C19H31NO2/c21-19(22)15-11-8-6-4-2-1-3-5-7-9-12-16-20-17-13-10-14-18-20/h10,13-14,17-18H,1-9,11-12,15-16H2. The molecule has 0 amide bonds. The van der Waals surface area contributed by atoms with Gasteiger partial charge in [0.25, 0.3) is 0 Å². The van der Waals surface area contributed by atoms with Crippen molar-refractivity contribution in [1.82, 2.24) is 0 Å². The van der Waals surface area contributed by atoms with Gasteiger partial charge < -0.3 is 9.90 Å². The van der Waals surface area contributed by atoms with Gasteiger partial charge in [0, 0.05) is 24.5 Å². The van der Waals surface area contributed by atoms with Crippen molar-refractivity contribution in [3.05, 3.63) is 30.6 Å². The lowest BCUT2D eigenvalue weighted by atomic mass is 10.1. The summed E-state index contributed by atoms with van der Waals surface area (Å²) in [6.07, 6.45) is 18.0. The molecular weight excluding hydrogens is 274 g/mol. The average molecular weight is 305 g/mol. The molecule has 0 aliphatic heterocycles. The van der Waals surface area contributed by atoms with Crippen LogP contribution in [0.4, 0.5) is 0 Å². The molecular formula is C19H31NO2. The third-order valence-electron chi connectivity index (χ3n) is 4.07. The minimum absolute atomic E-state index is 0.223. The Morgan fingerprint density at radius 3 is 1.64 bits per heavy atom. The summed E-state index contributed by atoms with van der Waals surface area (Å²) >= 11 is 0.